The van der Waals surface area contributed by atoms with E-state index in [-0.39, 0.29) is 27.9 Å². The van der Waals surface area contributed by atoms with Crippen molar-refractivity contribution in [1.29, 1.82) is 0 Å². The minimum atomic E-state index is -4.37. The summed E-state index contributed by atoms with van der Waals surface area (Å²) >= 11 is -0.195. The fourth-order valence-corrected chi connectivity index (χ4v) is 0.654. The van der Waals surface area contributed by atoms with Gasteiger partial charge in [-0.25, -0.2) is 0 Å². The standard InChI is InChI=1S/C4H5F3NO.Na/c1-8-3(9)2-4(5,6)7;/h2H,1H3,(H,8,9);. The molecule has 0 radical (unpaired) electrons. The van der Waals surface area contributed by atoms with Gasteiger partial charge in [-0.3, -0.25) is 0 Å². The number of rotatable bonds is 1. The van der Waals surface area contributed by atoms with Crippen molar-refractivity contribution in [1.82, 2.24) is 5.32 Å². The third kappa shape index (κ3) is 2.90. The maximum atomic E-state index is 11.7. The topological polar surface area (TPSA) is 29.1 Å². The van der Waals surface area contributed by atoms with Gasteiger partial charge in [0, 0.05) is 0 Å². The summed E-state index contributed by atoms with van der Waals surface area (Å²) in [6.07, 6.45) is -4.37. The Morgan fingerprint density at radius 3 is 2.10 bits per heavy atom. The van der Waals surface area contributed by atoms with Gasteiger partial charge in [0.25, 0.3) is 0 Å². The zero-order valence-electron chi connectivity index (χ0n) is 5.62. The van der Waals surface area contributed by atoms with Crippen LogP contribution < -0.4 is 5.32 Å². The molecular formula is C4H5F3NNaO. The number of halogens is 3. The van der Waals surface area contributed by atoms with Gasteiger partial charge < -0.3 is 0 Å². The average Bonchev–Trinajstić information content (AvgIpc) is 1.83. The summed E-state index contributed by atoms with van der Waals surface area (Å²) in [5.41, 5.74) is 0. The summed E-state index contributed by atoms with van der Waals surface area (Å²) in [5.74, 6) is -0.945. The summed E-state index contributed by atoms with van der Waals surface area (Å²) in [5, 5.41) is 1.95. The molecule has 2 nitrogen and oxygen atoms in total. The molecule has 1 unspecified atom stereocenters. The normalized spacial score (nSPS) is 14.6. The third-order valence-corrected chi connectivity index (χ3v) is 2.31. The van der Waals surface area contributed by atoms with Crippen LogP contribution in [-0.2, 0) is 4.79 Å². The molecule has 0 aromatic carbocycles. The fourth-order valence-electron chi connectivity index (χ4n) is 0.365. The Balaban J connectivity index is 4.08. The van der Waals surface area contributed by atoms with Gasteiger partial charge >= 0.3 is 73.5 Å². The van der Waals surface area contributed by atoms with E-state index in [0.29, 0.717) is 0 Å². The molecule has 0 aromatic heterocycles. The van der Waals surface area contributed by atoms with Crippen molar-refractivity contribution in [3.8, 4) is 0 Å². The van der Waals surface area contributed by atoms with Crippen LogP contribution >= 0.6 is 0 Å². The molecule has 54 valence electrons. The number of carbonyl (C=O) groups excluding carboxylic acids is 1. The van der Waals surface area contributed by atoms with Crippen LogP contribution in [0.1, 0.15) is 0 Å². The van der Waals surface area contributed by atoms with E-state index in [0.717, 1.165) is 0 Å². The van der Waals surface area contributed by atoms with Gasteiger partial charge in [0.2, 0.25) is 0 Å². The van der Waals surface area contributed by atoms with Crippen molar-refractivity contribution < 1.29 is 18.0 Å². The first-order valence-corrected chi connectivity index (χ1v) is 3.83. The molecule has 6 heteroatoms. The number of amides is 1. The third-order valence-electron chi connectivity index (χ3n) is 1.13. The van der Waals surface area contributed by atoms with Crippen molar-refractivity contribution in [3.63, 3.8) is 0 Å². The molecule has 0 saturated carbocycles. The molecule has 10 heavy (non-hydrogen) atoms. The maximum absolute atomic E-state index is 11.7. The van der Waals surface area contributed by atoms with Crippen LogP contribution in [0.4, 0.5) is 13.2 Å². The Hall–Kier alpha value is 0.260. The van der Waals surface area contributed by atoms with Crippen LogP contribution in [0, 0.1) is 0 Å². The van der Waals surface area contributed by atoms with Gasteiger partial charge in [-0.05, 0) is 0 Å². The Kier molecular flexibility index (Phi) is 3.69. The van der Waals surface area contributed by atoms with E-state index in [4.69, 9.17) is 0 Å². The van der Waals surface area contributed by atoms with Crippen LogP contribution in [0.5, 0.6) is 0 Å². The van der Waals surface area contributed by atoms with Gasteiger partial charge in [0.05, 0.1) is 0 Å². The van der Waals surface area contributed by atoms with Crippen molar-refractivity contribution in [2.45, 2.75) is 9.34 Å². The molecule has 0 bridgehead atoms. The summed E-state index contributed by atoms with van der Waals surface area (Å²) in [6.45, 7) is 0. The summed E-state index contributed by atoms with van der Waals surface area (Å²) in [7, 11) is 1.19. The molecular weight excluding hydrogens is 158 g/mol. The van der Waals surface area contributed by atoms with Crippen molar-refractivity contribution >= 4 is 33.8 Å². The number of hydrogen-bond acceptors (Lipinski definition) is 1. The van der Waals surface area contributed by atoms with E-state index in [9.17, 15) is 18.0 Å². The summed E-state index contributed by atoms with van der Waals surface area (Å²) in [4.78, 5) is 10.4. The first-order valence-electron chi connectivity index (χ1n) is 2.68. The summed E-state index contributed by atoms with van der Waals surface area (Å²) < 4.78 is 33.2. The fraction of sp³-hybridized carbons (Fsp3) is 0.750. The molecule has 0 saturated heterocycles. The Morgan fingerprint density at radius 2 is 2.00 bits per heavy atom. The van der Waals surface area contributed by atoms with Crippen molar-refractivity contribution in [2.24, 2.45) is 0 Å². The molecule has 1 amide bonds. The predicted molar refractivity (Wildman–Crippen MR) is 29.6 cm³/mol. The molecule has 1 atom stereocenters. The van der Waals surface area contributed by atoms with E-state index >= 15 is 0 Å². The molecule has 0 aromatic rings. The summed E-state index contributed by atoms with van der Waals surface area (Å²) in [6, 6.07) is 0. The van der Waals surface area contributed by atoms with E-state index < -0.39 is 15.3 Å². The van der Waals surface area contributed by atoms with Crippen LogP contribution in [0.15, 0.2) is 0 Å². The molecule has 0 rings (SSSR count). The second kappa shape index (κ2) is 3.59. The SMILES string of the molecule is CNC(=O)[CH]([Na])C(F)(F)F. The van der Waals surface area contributed by atoms with Crippen molar-refractivity contribution in [3.05, 3.63) is 0 Å². The second-order valence-electron chi connectivity index (χ2n) is 1.88. The number of carbonyl (C=O) groups is 1. The van der Waals surface area contributed by atoms with Crippen LogP contribution in [0.2, 0.25) is 3.17 Å². The minimum absolute atomic E-state index is 0.195. The molecule has 0 aliphatic carbocycles. The molecule has 0 aliphatic rings. The predicted octanol–water partition coefficient (Wildman–Crippen LogP) is 0.252. The first-order chi connectivity index (χ1) is 4.39. The van der Waals surface area contributed by atoms with Gasteiger partial charge in [-0.2, -0.15) is 0 Å². The quantitative estimate of drug-likeness (QED) is 0.551. The number of nitrogens with one attached hydrogen (secondary N) is 1. The molecule has 0 fully saturated rings. The zero-order valence-corrected chi connectivity index (χ0v) is 7.62. The second-order valence-corrected chi connectivity index (χ2v) is 3.03. The van der Waals surface area contributed by atoms with Gasteiger partial charge in [0.1, 0.15) is 0 Å². The van der Waals surface area contributed by atoms with E-state index in [1.165, 1.54) is 7.05 Å². The van der Waals surface area contributed by atoms with Gasteiger partial charge in [-0.15, -0.1) is 0 Å². The van der Waals surface area contributed by atoms with Crippen molar-refractivity contribution in [2.75, 3.05) is 7.05 Å². The number of alkyl halides is 3. The molecule has 0 aliphatic heterocycles. The Bertz CT molecular complexity index is 135. The van der Waals surface area contributed by atoms with Crippen LogP contribution in [-0.4, -0.2) is 47.1 Å². The average molecular weight is 163 g/mol. The van der Waals surface area contributed by atoms with Crippen LogP contribution in [0.3, 0.4) is 0 Å². The zero-order chi connectivity index (χ0) is 8.36. The Labute approximate surface area is 73.6 Å². The van der Waals surface area contributed by atoms with E-state index in [2.05, 4.69) is 0 Å². The number of hydrogen-bond donors (Lipinski definition) is 1. The Morgan fingerprint density at radius 1 is 1.60 bits per heavy atom. The van der Waals surface area contributed by atoms with Crippen LogP contribution in [0.25, 0.3) is 0 Å². The monoisotopic (exact) mass is 163 g/mol. The first kappa shape index (κ1) is 10.3. The van der Waals surface area contributed by atoms with E-state index in [1.807, 2.05) is 5.32 Å². The molecule has 0 spiro atoms. The molecule has 1 N–H and O–H groups in total. The van der Waals surface area contributed by atoms with Gasteiger partial charge in [-0.1, -0.05) is 0 Å². The van der Waals surface area contributed by atoms with E-state index in [1.54, 1.807) is 0 Å². The molecule has 0 heterocycles. The van der Waals surface area contributed by atoms with Gasteiger partial charge in [0.15, 0.2) is 0 Å².